The van der Waals surface area contributed by atoms with Gasteiger partial charge in [-0.2, -0.15) is 5.10 Å². The fourth-order valence-electron chi connectivity index (χ4n) is 7.49. The quantitative estimate of drug-likeness (QED) is 0.321. The monoisotopic (exact) mass is 678 g/mol. The first-order chi connectivity index (χ1) is 23.4. The molecule has 10 nitrogen and oxygen atoms in total. The number of aromatic nitrogens is 2. The molecule has 2 N–H and O–H groups in total. The maximum Gasteiger partial charge on any atom is 0.270 e. The number of rotatable bonds is 13. The Morgan fingerprint density at radius 1 is 0.959 bits per heavy atom. The molecule has 49 heavy (non-hydrogen) atoms. The van der Waals surface area contributed by atoms with Crippen molar-refractivity contribution < 1.29 is 23.6 Å². The van der Waals surface area contributed by atoms with Crippen LogP contribution < -0.4 is 10.6 Å². The molecular weight excluding hydrogens is 623 g/mol. The third-order valence-electron chi connectivity index (χ3n) is 11.5. The average Bonchev–Trinajstić information content (AvgIpc) is 3.83. The Kier molecular flexibility index (Phi) is 11.9. The number of amides is 3. The van der Waals surface area contributed by atoms with Crippen molar-refractivity contribution in [3.63, 3.8) is 0 Å². The number of Topliss-reactive ketones (excluding diaryl/α,β-unsaturated/α-hetero) is 1. The van der Waals surface area contributed by atoms with Gasteiger partial charge in [0.25, 0.3) is 5.91 Å². The summed E-state index contributed by atoms with van der Waals surface area (Å²) < 4.78 is 17.5. The normalized spacial score (nSPS) is 24.1. The zero-order valence-corrected chi connectivity index (χ0v) is 30.1. The van der Waals surface area contributed by atoms with Crippen LogP contribution in [0.4, 0.5) is 4.39 Å². The second-order valence-electron chi connectivity index (χ2n) is 15.0. The highest BCUT2D eigenvalue weighted by molar-refractivity contribution is 5.97. The molecule has 5 rings (SSSR count). The van der Waals surface area contributed by atoms with E-state index in [0.29, 0.717) is 42.7 Å². The first-order valence-corrected chi connectivity index (χ1v) is 18.3. The van der Waals surface area contributed by atoms with Crippen LogP contribution in [0.1, 0.15) is 101 Å². The maximum absolute atomic E-state index is 15.9. The van der Waals surface area contributed by atoms with E-state index < -0.39 is 23.8 Å². The Labute approximate surface area is 290 Å². The summed E-state index contributed by atoms with van der Waals surface area (Å²) in [4.78, 5) is 58.5. The molecule has 3 amide bonds. The van der Waals surface area contributed by atoms with Crippen molar-refractivity contribution in [3.05, 3.63) is 53.1 Å². The minimum atomic E-state index is -0.846. The summed E-state index contributed by atoms with van der Waals surface area (Å²) in [5, 5.41) is 10.2. The van der Waals surface area contributed by atoms with E-state index in [9.17, 15) is 19.2 Å². The van der Waals surface area contributed by atoms with Crippen LogP contribution in [-0.4, -0.2) is 87.9 Å². The number of carbonyl (C=O) groups excluding carboxylic acids is 4. The third kappa shape index (κ3) is 8.77. The molecule has 268 valence electrons. The molecule has 1 aromatic heterocycles. The first-order valence-electron chi connectivity index (χ1n) is 18.3. The number of ketones is 1. The summed E-state index contributed by atoms with van der Waals surface area (Å²) >= 11 is 0. The fraction of sp³-hybridized carbons (Fsp3) is 0.658. The van der Waals surface area contributed by atoms with E-state index in [4.69, 9.17) is 0 Å². The SMILES string of the molecule is CCn1nccc1C(=O)N[C@H](C(=O)Cc1ccc([C@H](C)[C@@H](NC(=O)C(C)C2CC2)C(=O)N2CCN(C)[C@@H](C)C2)cc1F)C1CCC(C)CC1. The molecule has 2 aromatic rings. The van der Waals surface area contributed by atoms with E-state index in [1.807, 2.05) is 32.7 Å². The molecule has 2 saturated carbocycles. The zero-order chi connectivity index (χ0) is 35.4. The largest absolute Gasteiger partial charge is 0.343 e. The van der Waals surface area contributed by atoms with E-state index in [2.05, 4.69) is 34.5 Å². The molecule has 3 aliphatic rings. The summed E-state index contributed by atoms with van der Waals surface area (Å²) in [7, 11) is 2.04. The van der Waals surface area contributed by atoms with Gasteiger partial charge in [0.2, 0.25) is 11.8 Å². The van der Waals surface area contributed by atoms with Crippen molar-refractivity contribution in [1.82, 2.24) is 30.2 Å². The molecule has 0 radical (unpaired) electrons. The molecule has 1 aliphatic heterocycles. The molecule has 11 heteroatoms. The molecule has 2 heterocycles. The number of likely N-dealkylation sites (N-methyl/N-ethyl adjacent to an activating group) is 1. The first kappa shape index (κ1) is 36.7. The molecular formula is C38H55FN6O4. The molecule has 5 atom stereocenters. The van der Waals surface area contributed by atoms with Crippen LogP contribution in [0.3, 0.4) is 0 Å². The lowest BCUT2D eigenvalue weighted by Crippen LogP contribution is -2.58. The standard InChI is InChI=1S/C38H55FN6O4/c1-7-45-32(16-17-40-45)37(48)42-35(28-10-8-23(2)9-11-28)33(46)21-30-15-14-29(20-31(30)39)25(4)34(41-36(47)26(5)27-12-13-27)38(49)44-19-18-43(6)24(3)22-44/h14-17,20,23-28,34-35H,7-13,18-19,21-22H2,1-6H3,(H,41,47)(H,42,48)/t23?,24-,25-,26?,28?,34+,35-/m0/s1. The Morgan fingerprint density at radius 2 is 1.65 bits per heavy atom. The minimum Gasteiger partial charge on any atom is -0.343 e. The number of halogens is 1. The van der Waals surface area contributed by atoms with Crippen molar-refractivity contribution in [1.29, 1.82) is 0 Å². The van der Waals surface area contributed by atoms with Gasteiger partial charge in [-0.15, -0.1) is 0 Å². The van der Waals surface area contributed by atoms with Gasteiger partial charge < -0.3 is 20.4 Å². The zero-order valence-electron chi connectivity index (χ0n) is 30.1. The highest BCUT2D eigenvalue weighted by Gasteiger charge is 2.39. The van der Waals surface area contributed by atoms with Crippen molar-refractivity contribution >= 4 is 23.5 Å². The Hall–Kier alpha value is -3.60. The van der Waals surface area contributed by atoms with E-state index in [-0.39, 0.29) is 53.4 Å². The van der Waals surface area contributed by atoms with Gasteiger partial charge in [-0.3, -0.25) is 23.9 Å². The highest BCUT2D eigenvalue weighted by atomic mass is 19.1. The van der Waals surface area contributed by atoms with E-state index in [0.717, 1.165) is 45.1 Å². The predicted molar refractivity (Wildman–Crippen MR) is 186 cm³/mol. The lowest BCUT2D eigenvalue weighted by Gasteiger charge is -2.40. The van der Waals surface area contributed by atoms with Crippen LogP contribution in [-0.2, 0) is 27.3 Å². The molecule has 0 spiro atoms. The summed E-state index contributed by atoms with van der Waals surface area (Å²) in [5.74, 6) is -1.26. The smallest absolute Gasteiger partial charge is 0.270 e. The van der Waals surface area contributed by atoms with Crippen LogP contribution in [0.25, 0.3) is 0 Å². The van der Waals surface area contributed by atoms with Gasteiger partial charge in [-0.05, 0) is 87.6 Å². The number of nitrogens with zero attached hydrogens (tertiary/aromatic N) is 4. The number of hydrogen-bond acceptors (Lipinski definition) is 6. The topological polar surface area (TPSA) is 117 Å². The summed E-state index contributed by atoms with van der Waals surface area (Å²) in [6.45, 7) is 12.3. The Balaban J connectivity index is 1.33. The predicted octanol–water partition coefficient (Wildman–Crippen LogP) is 4.58. The van der Waals surface area contributed by atoms with Crippen molar-refractivity contribution in [2.24, 2.45) is 23.7 Å². The number of nitrogens with one attached hydrogen (secondary N) is 2. The molecule has 1 aromatic carbocycles. The number of aryl methyl sites for hydroxylation is 1. The Bertz CT molecular complexity index is 1500. The van der Waals surface area contributed by atoms with E-state index >= 15 is 4.39 Å². The van der Waals surface area contributed by atoms with Crippen LogP contribution in [0.5, 0.6) is 0 Å². The van der Waals surface area contributed by atoms with Crippen LogP contribution in [0, 0.1) is 29.5 Å². The van der Waals surface area contributed by atoms with Crippen LogP contribution in [0.15, 0.2) is 30.5 Å². The van der Waals surface area contributed by atoms with Crippen molar-refractivity contribution in [2.45, 2.75) is 110 Å². The van der Waals surface area contributed by atoms with Gasteiger partial charge >= 0.3 is 0 Å². The van der Waals surface area contributed by atoms with Crippen LogP contribution in [0.2, 0.25) is 0 Å². The highest BCUT2D eigenvalue weighted by Crippen LogP contribution is 2.37. The Morgan fingerprint density at radius 3 is 2.29 bits per heavy atom. The minimum absolute atomic E-state index is 0.0290. The van der Waals surface area contributed by atoms with Gasteiger partial charge in [0, 0.05) is 56.7 Å². The third-order valence-corrected chi connectivity index (χ3v) is 11.5. The second kappa shape index (κ2) is 16.0. The molecule has 2 aliphatic carbocycles. The lowest BCUT2D eigenvalue weighted by molar-refractivity contribution is -0.140. The number of hydrogen-bond donors (Lipinski definition) is 2. The number of piperazine rings is 1. The van der Waals surface area contributed by atoms with Crippen LogP contribution >= 0.6 is 0 Å². The van der Waals surface area contributed by atoms with E-state index in [1.54, 1.807) is 29.1 Å². The average molecular weight is 679 g/mol. The second-order valence-corrected chi connectivity index (χ2v) is 15.0. The van der Waals surface area contributed by atoms with Crippen molar-refractivity contribution in [3.8, 4) is 0 Å². The van der Waals surface area contributed by atoms with Gasteiger partial charge in [0.05, 0.1) is 6.04 Å². The van der Waals surface area contributed by atoms with Gasteiger partial charge in [0.1, 0.15) is 17.6 Å². The number of benzene rings is 1. The summed E-state index contributed by atoms with van der Waals surface area (Å²) in [5.41, 5.74) is 1.21. The van der Waals surface area contributed by atoms with Gasteiger partial charge in [-0.25, -0.2) is 4.39 Å². The molecule has 0 bridgehead atoms. The molecule has 3 fully saturated rings. The van der Waals surface area contributed by atoms with Gasteiger partial charge in [0.15, 0.2) is 5.78 Å². The molecule has 1 unspecified atom stereocenters. The summed E-state index contributed by atoms with van der Waals surface area (Å²) in [6.07, 6.45) is 7.00. The van der Waals surface area contributed by atoms with Gasteiger partial charge in [-0.1, -0.05) is 45.7 Å². The van der Waals surface area contributed by atoms with E-state index in [1.165, 1.54) is 6.07 Å². The number of carbonyl (C=O) groups is 4. The lowest BCUT2D eigenvalue weighted by atomic mass is 9.77. The maximum atomic E-state index is 15.9. The molecule has 1 saturated heterocycles. The summed E-state index contributed by atoms with van der Waals surface area (Å²) in [6, 6.07) is 5.00. The fourth-order valence-corrected chi connectivity index (χ4v) is 7.49. The van der Waals surface area contributed by atoms with Crippen molar-refractivity contribution in [2.75, 3.05) is 26.7 Å².